The summed E-state index contributed by atoms with van der Waals surface area (Å²) in [5.41, 5.74) is 4.95. The number of fused-ring (bicyclic) bond motifs is 1. The number of benzene rings is 2. The Bertz CT molecular complexity index is 1080. The molecule has 1 amide bonds. The smallest absolute Gasteiger partial charge is 0.265 e. The summed E-state index contributed by atoms with van der Waals surface area (Å²) in [7, 11) is 0. The van der Waals surface area contributed by atoms with Gasteiger partial charge in [-0.1, -0.05) is 60.6 Å². The minimum Gasteiger partial charge on any atom is -0.480 e. The largest absolute Gasteiger partial charge is 0.480 e. The van der Waals surface area contributed by atoms with Crippen LogP contribution in [0.3, 0.4) is 0 Å². The minimum atomic E-state index is -0.582. The van der Waals surface area contributed by atoms with Gasteiger partial charge in [0.05, 0.1) is 17.4 Å². The molecular formula is C27H37N3O2. The van der Waals surface area contributed by atoms with Crippen molar-refractivity contribution in [2.75, 3.05) is 5.32 Å². The van der Waals surface area contributed by atoms with E-state index in [-0.39, 0.29) is 16.7 Å². The summed E-state index contributed by atoms with van der Waals surface area (Å²) in [4.78, 5) is 20.4. The molecule has 2 N–H and O–H groups in total. The molecule has 0 aliphatic carbocycles. The van der Waals surface area contributed by atoms with Crippen LogP contribution in [-0.4, -0.2) is 22.0 Å². The van der Waals surface area contributed by atoms with E-state index in [0.29, 0.717) is 12.1 Å². The molecule has 1 heterocycles. The average Bonchev–Trinajstić information content (AvgIpc) is 3.25. The first-order valence-electron chi connectivity index (χ1n) is 11.7. The summed E-state index contributed by atoms with van der Waals surface area (Å²) in [6, 6.07) is 12.1. The predicted octanol–water partition coefficient (Wildman–Crippen LogP) is 6.73. The number of imidazole rings is 1. The second-order valence-electron chi connectivity index (χ2n) is 9.82. The van der Waals surface area contributed by atoms with E-state index in [0.717, 1.165) is 35.2 Å². The topological polar surface area (TPSA) is 67.0 Å². The molecule has 1 unspecified atom stereocenters. The Morgan fingerprint density at radius 1 is 1.03 bits per heavy atom. The van der Waals surface area contributed by atoms with E-state index in [1.165, 1.54) is 5.56 Å². The number of nitrogens with zero attached hydrogens (tertiary/aromatic N) is 1. The van der Waals surface area contributed by atoms with Crippen molar-refractivity contribution in [3.05, 3.63) is 53.9 Å². The number of hydrogen-bond acceptors (Lipinski definition) is 3. The van der Waals surface area contributed by atoms with Crippen LogP contribution in [0.5, 0.6) is 5.75 Å². The number of aromatic nitrogens is 2. The lowest BCUT2D eigenvalue weighted by molar-refractivity contribution is -0.122. The van der Waals surface area contributed by atoms with Crippen LogP contribution >= 0.6 is 0 Å². The van der Waals surface area contributed by atoms with Crippen molar-refractivity contribution < 1.29 is 9.53 Å². The zero-order valence-corrected chi connectivity index (χ0v) is 20.5. The normalized spacial score (nSPS) is 13.2. The summed E-state index contributed by atoms with van der Waals surface area (Å²) in [5.74, 6) is 0.637. The van der Waals surface area contributed by atoms with Crippen LogP contribution in [0.2, 0.25) is 0 Å². The first-order chi connectivity index (χ1) is 15.1. The van der Waals surface area contributed by atoms with Gasteiger partial charge in [0.15, 0.2) is 6.10 Å². The lowest BCUT2D eigenvalue weighted by Crippen LogP contribution is -2.33. The molecular weight excluding hydrogens is 398 g/mol. The third-order valence-corrected chi connectivity index (χ3v) is 6.88. The van der Waals surface area contributed by atoms with Crippen LogP contribution in [0, 0.1) is 0 Å². The van der Waals surface area contributed by atoms with Gasteiger partial charge in [-0.05, 0) is 59.9 Å². The highest BCUT2D eigenvalue weighted by Gasteiger charge is 2.28. The molecule has 5 nitrogen and oxygen atoms in total. The quantitative estimate of drug-likeness (QED) is 0.391. The second kappa shape index (κ2) is 9.35. The van der Waals surface area contributed by atoms with Gasteiger partial charge in [0.1, 0.15) is 5.75 Å². The summed E-state index contributed by atoms with van der Waals surface area (Å²) >= 11 is 0. The van der Waals surface area contributed by atoms with E-state index in [1.807, 2.05) is 31.2 Å². The molecule has 0 fully saturated rings. The maximum Gasteiger partial charge on any atom is 0.265 e. The number of ether oxygens (including phenoxy) is 1. The third-order valence-electron chi connectivity index (χ3n) is 6.88. The van der Waals surface area contributed by atoms with Crippen molar-refractivity contribution in [1.82, 2.24) is 9.97 Å². The SMILES string of the molecule is CCC(Oc1ccc(C(C)(C)CC)cc1C(C)(C)CC)C(=O)Nc1ccc2[nH]cnc2c1. The molecule has 0 saturated carbocycles. The molecule has 2 aromatic carbocycles. The number of nitrogens with one attached hydrogen (secondary N) is 2. The van der Waals surface area contributed by atoms with Gasteiger partial charge in [-0.25, -0.2) is 4.98 Å². The fourth-order valence-electron chi connectivity index (χ4n) is 3.69. The number of anilines is 1. The molecule has 0 bridgehead atoms. The molecule has 0 aliphatic rings. The number of H-pyrrole nitrogens is 1. The first kappa shape index (κ1) is 23.8. The highest BCUT2D eigenvalue weighted by molar-refractivity contribution is 5.96. The molecule has 32 heavy (non-hydrogen) atoms. The van der Waals surface area contributed by atoms with E-state index in [4.69, 9.17) is 4.74 Å². The molecule has 1 atom stereocenters. The number of hydrogen-bond donors (Lipinski definition) is 2. The van der Waals surface area contributed by atoms with Gasteiger partial charge in [0.2, 0.25) is 0 Å². The minimum absolute atomic E-state index is 0.0606. The Morgan fingerprint density at radius 2 is 1.75 bits per heavy atom. The van der Waals surface area contributed by atoms with Gasteiger partial charge in [-0.15, -0.1) is 0 Å². The number of carbonyl (C=O) groups is 1. The predicted molar refractivity (Wildman–Crippen MR) is 133 cm³/mol. The zero-order valence-electron chi connectivity index (χ0n) is 20.5. The van der Waals surface area contributed by atoms with Crippen molar-refractivity contribution in [1.29, 1.82) is 0 Å². The van der Waals surface area contributed by atoms with Crippen LogP contribution in [0.15, 0.2) is 42.7 Å². The highest BCUT2D eigenvalue weighted by Crippen LogP contribution is 2.39. The van der Waals surface area contributed by atoms with E-state index in [9.17, 15) is 4.79 Å². The Balaban J connectivity index is 1.87. The fourth-order valence-corrected chi connectivity index (χ4v) is 3.69. The molecule has 172 valence electrons. The molecule has 1 aromatic heterocycles. The highest BCUT2D eigenvalue weighted by atomic mass is 16.5. The molecule has 3 aromatic rings. The number of carbonyl (C=O) groups excluding carboxylic acids is 1. The molecule has 3 rings (SSSR count). The summed E-state index contributed by atoms with van der Waals surface area (Å²) in [6.45, 7) is 15.4. The van der Waals surface area contributed by atoms with Crippen molar-refractivity contribution in [3.8, 4) is 5.75 Å². The van der Waals surface area contributed by atoms with Crippen molar-refractivity contribution in [2.24, 2.45) is 0 Å². The molecule has 0 saturated heterocycles. The van der Waals surface area contributed by atoms with Gasteiger partial charge >= 0.3 is 0 Å². The standard InChI is InChI=1S/C27H37N3O2/c1-8-23(25(31)30-19-12-13-21-22(16-19)29-17-28-21)32-24-14-11-18(26(4,5)9-2)15-20(24)27(6,7)10-3/h11-17,23H,8-10H2,1-7H3,(H,28,29)(H,30,31). The lowest BCUT2D eigenvalue weighted by Gasteiger charge is -2.31. The van der Waals surface area contributed by atoms with Gasteiger partial charge in [-0.3, -0.25) is 4.79 Å². The molecule has 5 heteroatoms. The van der Waals surface area contributed by atoms with Crippen LogP contribution in [0.1, 0.15) is 78.9 Å². The Labute approximate surface area is 192 Å². The van der Waals surface area contributed by atoms with Crippen LogP contribution < -0.4 is 10.1 Å². The molecule has 0 radical (unpaired) electrons. The first-order valence-corrected chi connectivity index (χ1v) is 11.7. The van der Waals surface area contributed by atoms with Crippen LogP contribution in [0.4, 0.5) is 5.69 Å². The Hall–Kier alpha value is -2.82. The van der Waals surface area contributed by atoms with E-state index in [1.54, 1.807) is 6.33 Å². The van der Waals surface area contributed by atoms with Gasteiger partial charge < -0.3 is 15.0 Å². The van der Waals surface area contributed by atoms with Crippen LogP contribution in [0.25, 0.3) is 11.0 Å². The molecule has 0 spiro atoms. The summed E-state index contributed by atoms with van der Waals surface area (Å²) < 4.78 is 6.36. The lowest BCUT2D eigenvalue weighted by atomic mass is 9.76. The third kappa shape index (κ3) is 4.98. The average molecular weight is 436 g/mol. The van der Waals surface area contributed by atoms with E-state index >= 15 is 0 Å². The van der Waals surface area contributed by atoms with Gasteiger partial charge in [-0.2, -0.15) is 0 Å². The Kier molecular flexibility index (Phi) is 6.97. The van der Waals surface area contributed by atoms with Crippen LogP contribution in [-0.2, 0) is 15.6 Å². The van der Waals surface area contributed by atoms with E-state index in [2.05, 4.69) is 69.0 Å². The fraction of sp³-hybridized carbons (Fsp3) is 0.481. The second-order valence-corrected chi connectivity index (χ2v) is 9.82. The van der Waals surface area contributed by atoms with Gasteiger partial charge in [0.25, 0.3) is 5.91 Å². The van der Waals surface area contributed by atoms with E-state index < -0.39 is 6.10 Å². The number of rotatable bonds is 9. The maximum atomic E-state index is 13.1. The Morgan fingerprint density at radius 3 is 2.41 bits per heavy atom. The van der Waals surface area contributed by atoms with Crippen molar-refractivity contribution in [2.45, 2.75) is 84.7 Å². The summed E-state index contributed by atoms with van der Waals surface area (Å²) in [6.07, 6.45) is 3.67. The van der Waals surface area contributed by atoms with Crippen molar-refractivity contribution in [3.63, 3.8) is 0 Å². The van der Waals surface area contributed by atoms with Gasteiger partial charge in [0, 0.05) is 11.3 Å². The number of aromatic amines is 1. The zero-order chi connectivity index (χ0) is 23.5. The number of amides is 1. The molecule has 0 aliphatic heterocycles. The summed E-state index contributed by atoms with van der Waals surface area (Å²) in [5, 5.41) is 2.99. The maximum absolute atomic E-state index is 13.1. The monoisotopic (exact) mass is 435 g/mol. The van der Waals surface area contributed by atoms with Crippen molar-refractivity contribution >= 4 is 22.6 Å².